The van der Waals surface area contributed by atoms with E-state index in [9.17, 15) is 18.0 Å². The fraction of sp³-hybridized carbons (Fsp3) is 0.579. The predicted octanol–water partition coefficient (Wildman–Crippen LogP) is 1.26. The van der Waals surface area contributed by atoms with Crippen molar-refractivity contribution in [3.8, 4) is 0 Å². The summed E-state index contributed by atoms with van der Waals surface area (Å²) < 4.78 is 27.9. The minimum Gasteiger partial charge on any atom is -0.353 e. The van der Waals surface area contributed by atoms with Gasteiger partial charge in [0.25, 0.3) is 0 Å². The number of rotatable bonds is 5. The number of carbonyl (C=O) groups excluding carboxylic acids is 2. The van der Waals surface area contributed by atoms with Gasteiger partial charge in [-0.2, -0.15) is 0 Å². The molecule has 8 heteroatoms. The van der Waals surface area contributed by atoms with Gasteiger partial charge in [-0.3, -0.25) is 9.59 Å². The first kappa shape index (κ1) is 19.8. The Morgan fingerprint density at radius 3 is 2.44 bits per heavy atom. The summed E-state index contributed by atoms with van der Waals surface area (Å²) in [5, 5.41) is 2.98. The highest BCUT2D eigenvalue weighted by Gasteiger charge is 2.31. The summed E-state index contributed by atoms with van der Waals surface area (Å²) in [5.41, 5.74) is 0. The summed E-state index contributed by atoms with van der Waals surface area (Å²) in [6, 6.07) is 8.10. The molecule has 1 saturated heterocycles. The summed E-state index contributed by atoms with van der Waals surface area (Å²) in [6.45, 7) is 0.294. The van der Waals surface area contributed by atoms with E-state index in [1.54, 1.807) is 37.4 Å². The summed E-state index contributed by atoms with van der Waals surface area (Å²) in [7, 11) is -1.99. The molecule has 2 atom stereocenters. The Kier molecular flexibility index (Phi) is 6.16. The maximum absolute atomic E-state index is 12.6. The van der Waals surface area contributed by atoms with Crippen molar-refractivity contribution < 1.29 is 18.0 Å². The van der Waals surface area contributed by atoms with Crippen LogP contribution in [0.1, 0.15) is 38.5 Å². The van der Waals surface area contributed by atoms with Crippen LogP contribution in [0.4, 0.5) is 0 Å². The third-order valence-electron chi connectivity index (χ3n) is 5.12. The van der Waals surface area contributed by atoms with Crippen molar-refractivity contribution in [3.05, 3.63) is 30.3 Å². The van der Waals surface area contributed by atoms with Crippen LogP contribution in [0.5, 0.6) is 0 Å². The monoisotopic (exact) mass is 393 g/mol. The molecule has 1 heterocycles. The van der Waals surface area contributed by atoms with E-state index in [1.807, 2.05) is 0 Å². The molecule has 0 aromatic heterocycles. The van der Waals surface area contributed by atoms with E-state index in [-0.39, 0.29) is 41.1 Å². The zero-order valence-electron chi connectivity index (χ0n) is 15.6. The van der Waals surface area contributed by atoms with Gasteiger partial charge in [-0.05, 0) is 37.8 Å². The smallest absolute Gasteiger partial charge is 0.240 e. The molecule has 0 spiro atoms. The number of likely N-dealkylation sites (N-methyl/N-ethyl adjacent to an activating group) is 1. The zero-order valence-corrected chi connectivity index (χ0v) is 16.4. The molecular weight excluding hydrogens is 366 g/mol. The van der Waals surface area contributed by atoms with E-state index < -0.39 is 10.0 Å². The molecular formula is C19H27N3O4S. The summed E-state index contributed by atoms with van der Waals surface area (Å²) in [4.78, 5) is 26.6. The normalized spacial score (nSPS) is 24.6. The third kappa shape index (κ3) is 5.52. The highest BCUT2D eigenvalue weighted by atomic mass is 32.2. The lowest BCUT2D eigenvalue weighted by molar-refractivity contribution is -0.135. The molecule has 1 aromatic rings. The maximum atomic E-state index is 12.6. The molecule has 3 rings (SSSR count). The number of sulfonamides is 1. The van der Waals surface area contributed by atoms with Crippen LogP contribution in [0, 0.1) is 5.92 Å². The molecule has 0 radical (unpaired) electrons. The Labute approximate surface area is 160 Å². The maximum Gasteiger partial charge on any atom is 0.240 e. The molecule has 2 fully saturated rings. The molecule has 2 N–H and O–H groups in total. The highest BCUT2D eigenvalue weighted by Crippen LogP contribution is 2.23. The topological polar surface area (TPSA) is 95.6 Å². The number of amides is 2. The second kappa shape index (κ2) is 8.39. The van der Waals surface area contributed by atoms with Crippen molar-refractivity contribution in [1.82, 2.24) is 14.9 Å². The van der Waals surface area contributed by atoms with Crippen LogP contribution >= 0.6 is 0 Å². The Morgan fingerprint density at radius 1 is 1.07 bits per heavy atom. The second-order valence-corrected chi connectivity index (χ2v) is 9.23. The molecule has 2 aliphatic rings. The van der Waals surface area contributed by atoms with Gasteiger partial charge in [-0.15, -0.1) is 0 Å². The van der Waals surface area contributed by atoms with Crippen LogP contribution in [-0.2, 0) is 19.6 Å². The van der Waals surface area contributed by atoms with E-state index in [4.69, 9.17) is 0 Å². The molecule has 1 aromatic carbocycles. The van der Waals surface area contributed by atoms with E-state index >= 15 is 0 Å². The van der Waals surface area contributed by atoms with Gasteiger partial charge in [-0.25, -0.2) is 13.1 Å². The standard InChI is InChI=1S/C19H27N3O4S/c1-22-13-16(21-27(25,26)17-8-3-2-4-9-17)7-5-6-14(12-18(22)23)19(24)20-15-10-11-15/h2-4,8-9,14-16,21H,5-7,10-13H2,1H3,(H,20,24)/t14-,16-/m1/s1. The molecule has 1 aliphatic heterocycles. The molecule has 0 bridgehead atoms. The van der Waals surface area contributed by atoms with Crippen LogP contribution in [0.25, 0.3) is 0 Å². The first-order valence-electron chi connectivity index (χ1n) is 9.47. The quantitative estimate of drug-likeness (QED) is 0.787. The van der Waals surface area contributed by atoms with Gasteiger partial charge < -0.3 is 10.2 Å². The molecule has 1 saturated carbocycles. The number of benzene rings is 1. The van der Waals surface area contributed by atoms with Gasteiger partial charge in [0.05, 0.1) is 4.90 Å². The Morgan fingerprint density at radius 2 is 1.78 bits per heavy atom. The van der Waals surface area contributed by atoms with Crippen LogP contribution < -0.4 is 10.0 Å². The first-order chi connectivity index (χ1) is 12.8. The van der Waals surface area contributed by atoms with E-state index in [0.717, 1.165) is 12.8 Å². The summed E-state index contributed by atoms with van der Waals surface area (Å²) in [6.07, 6.45) is 4.04. The van der Waals surface area contributed by atoms with Crippen molar-refractivity contribution in [1.29, 1.82) is 0 Å². The van der Waals surface area contributed by atoms with Crippen molar-refractivity contribution in [3.63, 3.8) is 0 Å². The minimum atomic E-state index is -3.65. The van der Waals surface area contributed by atoms with Gasteiger partial charge in [0.15, 0.2) is 0 Å². The average molecular weight is 394 g/mol. The van der Waals surface area contributed by atoms with Gasteiger partial charge in [-0.1, -0.05) is 24.6 Å². The summed E-state index contributed by atoms with van der Waals surface area (Å²) in [5.74, 6) is -0.524. The number of carbonyl (C=O) groups is 2. The predicted molar refractivity (Wildman–Crippen MR) is 101 cm³/mol. The SMILES string of the molecule is CN1C[C@H](NS(=O)(=O)c2ccccc2)CCC[C@@H](C(=O)NC2CC2)CC1=O. The zero-order chi connectivity index (χ0) is 19.4. The van der Waals surface area contributed by atoms with Crippen molar-refractivity contribution in [2.45, 2.75) is 55.5 Å². The molecule has 0 unspecified atom stereocenters. The largest absolute Gasteiger partial charge is 0.353 e. The number of nitrogens with one attached hydrogen (secondary N) is 2. The minimum absolute atomic E-state index is 0.0532. The fourth-order valence-corrected chi connectivity index (χ4v) is 4.64. The lowest BCUT2D eigenvalue weighted by Crippen LogP contribution is -2.44. The van der Waals surface area contributed by atoms with Crippen molar-refractivity contribution in [2.75, 3.05) is 13.6 Å². The van der Waals surface area contributed by atoms with E-state index in [0.29, 0.717) is 25.8 Å². The van der Waals surface area contributed by atoms with Gasteiger partial charge in [0, 0.05) is 38.0 Å². The van der Waals surface area contributed by atoms with Crippen LogP contribution in [0.2, 0.25) is 0 Å². The third-order valence-corrected chi connectivity index (χ3v) is 6.65. The second-order valence-electron chi connectivity index (χ2n) is 7.52. The number of hydrogen-bond donors (Lipinski definition) is 2. The number of nitrogens with zero attached hydrogens (tertiary/aromatic N) is 1. The number of hydrogen-bond acceptors (Lipinski definition) is 4. The summed E-state index contributed by atoms with van der Waals surface area (Å²) >= 11 is 0. The van der Waals surface area contributed by atoms with Crippen molar-refractivity contribution >= 4 is 21.8 Å². The van der Waals surface area contributed by atoms with Gasteiger partial charge >= 0.3 is 0 Å². The fourth-order valence-electron chi connectivity index (χ4n) is 3.36. The lowest BCUT2D eigenvalue weighted by Gasteiger charge is -2.24. The molecule has 7 nitrogen and oxygen atoms in total. The van der Waals surface area contributed by atoms with Crippen LogP contribution in [0.15, 0.2) is 35.2 Å². The lowest BCUT2D eigenvalue weighted by atomic mass is 9.96. The van der Waals surface area contributed by atoms with Crippen LogP contribution in [-0.4, -0.2) is 50.8 Å². The Bertz CT molecular complexity index is 777. The molecule has 148 valence electrons. The molecule has 1 aliphatic carbocycles. The Hall–Kier alpha value is -1.93. The van der Waals surface area contributed by atoms with E-state index in [2.05, 4.69) is 10.0 Å². The first-order valence-corrected chi connectivity index (χ1v) is 10.9. The highest BCUT2D eigenvalue weighted by molar-refractivity contribution is 7.89. The molecule has 2 amide bonds. The van der Waals surface area contributed by atoms with Gasteiger partial charge in [0.2, 0.25) is 21.8 Å². The average Bonchev–Trinajstić information content (AvgIpc) is 3.43. The molecule has 27 heavy (non-hydrogen) atoms. The van der Waals surface area contributed by atoms with Crippen LogP contribution in [0.3, 0.4) is 0 Å². The Balaban J connectivity index is 1.66. The van der Waals surface area contributed by atoms with Crippen molar-refractivity contribution in [2.24, 2.45) is 5.92 Å². The van der Waals surface area contributed by atoms with E-state index in [1.165, 1.54) is 4.90 Å². The van der Waals surface area contributed by atoms with Gasteiger partial charge in [0.1, 0.15) is 0 Å².